The predicted molar refractivity (Wildman–Crippen MR) is 120 cm³/mol. The number of H-pyrrole nitrogens is 2. The Morgan fingerprint density at radius 1 is 0.607 bits per heavy atom. The Bertz CT molecular complexity index is 1170. The van der Waals surface area contributed by atoms with Crippen molar-refractivity contribution < 1.29 is 0 Å². The lowest BCUT2D eigenvalue weighted by Gasteiger charge is -1.86. The van der Waals surface area contributed by atoms with E-state index in [1.807, 2.05) is 42.5 Å². The lowest BCUT2D eigenvalue weighted by atomic mass is 10.3. The number of thiocarbonyl (C=S) groups is 1. The van der Waals surface area contributed by atoms with Gasteiger partial charge in [0.1, 0.15) is 0 Å². The Labute approximate surface area is 166 Å². The third kappa shape index (κ3) is 4.33. The summed E-state index contributed by atoms with van der Waals surface area (Å²) in [6.45, 7) is 0. The summed E-state index contributed by atoms with van der Waals surface area (Å²) >= 11 is 4.09. The van der Waals surface area contributed by atoms with Gasteiger partial charge in [0.25, 0.3) is 0 Å². The summed E-state index contributed by atoms with van der Waals surface area (Å²) < 4.78 is 0. The number of hydrogen-bond acceptors (Lipinski definition) is 3. The lowest BCUT2D eigenvalue weighted by Crippen LogP contribution is -2.18. The number of hydrogen-bond donors (Lipinski definition) is 4. The van der Waals surface area contributed by atoms with Crippen LogP contribution < -0.4 is 11.5 Å². The molecular weight excluding hydrogens is 368 g/mol. The Kier molecular flexibility index (Phi) is 4.74. The van der Waals surface area contributed by atoms with Crippen LogP contribution in [0, 0.1) is 0 Å². The van der Waals surface area contributed by atoms with Crippen molar-refractivity contribution in [2.45, 2.75) is 0 Å². The highest BCUT2D eigenvalue weighted by Crippen LogP contribution is 2.17. The molecule has 0 atom stereocenters. The minimum atomic E-state index is 0.000000000000000222. The zero-order chi connectivity index (χ0) is 19.5. The van der Waals surface area contributed by atoms with Gasteiger partial charge in [-0.2, -0.15) is 0 Å². The number of nitrogens with zero attached hydrogens (tertiary/aromatic N) is 2. The van der Waals surface area contributed by atoms with E-state index >= 15 is 0 Å². The molecule has 0 fully saturated rings. The molecule has 3 aromatic heterocycles. The standard InChI is InChI=1S/C20H14N4.CH4N2S/c1-2-14-10-16-5-6-18(23-16)12-20-8-7-19(24-20)11-17-4-3-15(22-17)9-13(1)21-14;2-1(3)4/h1-12,21-22H;(H4,2,3,4). The quantitative estimate of drug-likeness (QED) is 0.302. The molecule has 28 heavy (non-hydrogen) atoms. The van der Waals surface area contributed by atoms with Crippen molar-refractivity contribution in [3.63, 3.8) is 0 Å². The Balaban J connectivity index is 0.000000442. The van der Waals surface area contributed by atoms with Crippen LogP contribution in [0.5, 0.6) is 0 Å². The number of nitrogens with two attached hydrogens (primary N) is 2. The predicted octanol–water partition coefficient (Wildman–Crippen LogP) is 3.84. The molecule has 7 heteroatoms. The van der Waals surface area contributed by atoms with Crippen molar-refractivity contribution in [2.24, 2.45) is 11.5 Å². The van der Waals surface area contributed by atoms with Crippen molar-refractivity contribution in [1.29, 1.82) is 0 Å². The molecule has 0 radical (unpaired) electrons. The molecule has 0 aliphatic carbocycles. The van der Waals surface area contributed by atoms with Crippen molar-refractivity contribution in [3.05, 3.63) is 71.3 Å². The second-order valence-corrected chi connectivity index (χ2v) is 6.78. The highest BCUT2D eigenvalue weighted by atomic mass is 32.1. The molecule has 3 aromatic rings. The second-order valence-electron chi connectivity index (χ2n) is 6.31. The minimum Gasteiger partial charge on any atom is -0.377 e. The maximum absolute atomic E-state index is 4.62. The van der Waals surface area contributed by atoms with Crippen LogP contribution in [0.2, 0.25) is 0 Å². The summed E-state index contributed by atoms with van der Waals surface area (Å²) in [6, 6.07) is 16.4. The summed E-state index contributed by atoms with van der Waals surface area (Å²) in [6.07, 6.45) is 8.05. The average Bonchev–Trinajstić information content (AvgIpc) is 3.39. The van der Waals surface area contributed by atoms with E-state index in [9.17, 15) is 0 Å². The van der Waals surface area contributed by atoms with Crippen LogP contribution in [0.4, 0.5) is 0 Å². The van der Waals surface area contributed by atoms with Crippen molar-refractivity contribution in [1.82, 2.24) is 19.9 Å². The van der Waals surface area contributed by atoms with E-state index in [-0.39, 0.29) is 5.11 Å². The zero-order valence-corrected chi connectivity index (χ0v) is 15.7. The lowest BCUT2D eigenvalue weighted by molar-refractivity contribution is 1.28. The summed E-state index contributed by atoms with van der Waals surface area (Å²) in [5.41, 5.74) is 17.1. The van der Waals surface area contributed by atoms with Gasteiger partial charge in [-0.15, -0.1) is 0 Å². The number of aromatic nitrogens is 4. The third-order valence-corrected chi connectivity index (χ3v) is 4.04. The topological polar surface area (TPSA) is 109 Å². The van der Waals surface area contributed by atoms with Crippen LogP contribution in [0.1, 0.15) is 22.8 Å². The Hall–Kier alpha value is -3.71. The number of fused-ring (bicyclic) bond motifs is 8. The first-order chi connectivity index (χ1) is 13.5. The molecular formula is C21H18N6S. The molecule has 0 saturated heterocycles. The fraction of sp³-hybridized carbons (Fsp3) is 0. The fourth-order valence-electron chi connectivity index (χ4n) is 2.94. The molecule has 6 nitrogen and oxygen atoms in total. The number of nitrogens with one attached hydrogen (secondary N) is 2. The third-order valence-electron chi connectivity index (χ3n) is 4.04. The summed E-state index contributed by atoms with van der Waals surface area (Å²) in [7, 11) is 0. The van der Waals surface area contributed by atoms with Crippen molar-refractivity contribution in [3.8, 4) is 0 Å². The molecule has 5 rings (SSSR count). The van der Waals surface area contributed by atoms with E-state index in [0.29, 0.717) is 0 Å². The monoisotopic (exact) mass is 386 g/mol. The molecule has 2 aliphatic rings. The highest BCUT2D eigenvalue weighted by molar-refractivity contribution is 7.80. The summed E-state index contributed by atoms with van der Waals surface area (Å²) in [5, 5.41) is 0.000000000000000222. The first kappa shape index (κ1) is 17.7. The maximum atomic E-state index is 4.62. The van der Waals surface area contributed by atoms with Crippen LogP contribution in [-0.4, -0.2) is 25.0 Å². The van der Waals surface area contributed by atoms with Crippen LogP contribution in [0.3, 0.4) is 0 Å². The molecule has 0 unspecified atom stereocenters. The maximum Gasteiger partial charge on any atom is 0.160 e. The second kappa shape index (κ2) is 7.50. The summed E-state index contributed by atoms with van der Waals surface area (Å²) in [4.78, 5) is 16.0. The van der Waals surface area contributed by atoms with E-state index in [0.717, 1.165) is 44.8 Å². The van der Waals surface area contributed by atoms with Gasteiger partial charge in [0.2, 0.25) is 0 Å². The average molecular weight is 386 g/mol. The van der Waals surface area contributed by atoms with Crippen LogP contribution in [0.15, 0.2) is 48.5 Å². The van der Waals surface area contributed by atoms with E-state index in [1.54, 1.807) is 0 Å². The molecule has 138 valence electrons. The van der Waals surface area contributed by atoms with Gasteiger partial charge in [-0.3, -0.25) is 0 Å². The molecule has 8 bridgehead atoms. The molecule has 0 saturated carbocycles. The first-order valence-corrected chi connectivity index (χ1v) is 9.04. The Morgan fingerprint density at radius 2 is 0.929 bits per heavy atom. The molecule has 5 heterocycles. The number of aromatic amines is 2. The van der Waals surface area contributed by atoms with Crippen LogP contribution >= 0.6 is 12.2 Å². The van der Waals surface area contributed by atoms with E-state index in [2.05, 4.69) is 74.0 Å². The molecule has 0 spiro atoms. The zero-order valence-electron chi connectivity index (χ0n) is 14.9. The van der Waals surface area contributed by atoms with Crippen LogP contribution in [-0.2, 0) is 0 Å². The molecule has 0 amide bonds. The van der Waals surface area contributed by atoms with Gasteiger partial charge in [0.05, 0.1) is 22.8 Å². The minimum absolute atomic E-state index is 0.000000000000000222. The van der Waals surface area contributed by atoms with Crippen molar-refractivity contribution >= 4 is 63.7 Å². The van der Waals surface area contributed by atoms with Gasteiger partial charge in [0, 0.05) is 22.1 Å². The van der Waals surface area contributed by atoms with Crippen molar-refractivity contribution in [2.75, 3.05) is 0 Å². The van der Waals surface area contributed by atoms with Gasteiger partial charge in [-0.05, 0) is 85.1 Å². The van der Waals surface area contributed by atoms with E-state index < -0.39 is 0 Å². The molecule has 2 aliphatic heterocycles. The van der Waals surface area contributed by atoms with Gasteiger partial charge in [0.15, 0.2) is 5.11 Å². The normalized spacial score (nSPS) is 11.7. The Morgan fingerprint density at radius 3 is 1.32 bits per heavy atom. The smallest absolute Gasteiger partial charge is 0.160 e. The van der Waals surface area contributed by atoms with E-state index in [4.69, 9.17) is 0 Å². The van der Waals surface area contributed by atoms with Gasteiger partial charge >= 0.3 is 0 Å². The van der Waals surface area contributed by atoms with E-state index in [1.165, 1.54) is 0 Å². The number of rotatable bonds is 0. The highest BCUT2D eigenvalue weighted by Gasteiger charge is 2.02. The fourth-order valence-corrected chi connectivity index (χ4v) is 2.94. The molecule has 6 N–H and O–H groups in total. The largest absolute Gasteiger partial charge is 0.377 e. The SMILES string of the molecule is C1=Cc2cc3ccc(cc4ccc(cc5nc(cc1n2)C=C5)[nH]4)[nH]3.NC(N)=S. The summed E-state index contributed by atoms with van der Waals surface area (Å²) in [5.74, 6) is 0. The molecule has 0 aromatic carbocycles. The van der Waals surface area contributed by atoms with Gasteiger partial charge in [-0.25, -0.2) is 9.97 Å². The van der Waals surface area contributed by atoms with Crippen LogP contribution in [0.25, 0.3) is 46.4 Å². The van der Waals surface area contributed by atoms with Gasteiger partial charge < -0.3 is 21.4 Å². The first-order valence-electron chi connectivity index (χ1n) is 8.63. The van der Waals surface area contributed by atoms with Gasteiger partial charge in [-0.1, -0.05) is 0 Å².